The van der Waals surface area contributed by atoms with Crippen LogP contribution < -0.4 is 0 Å². The molecule has 0 saturated heterocycles. The largest absolute Gasteiger partial charge is 0.326 e. The first-order valence-electron chi connectivity index (χ1n) is 4.66. The van der Waals surface area contributed by atoms with E-state index in [2.05, 4.69) is 20.2 Å². The minimum Gasteiger partial charge on any atom is -0.326 e. The summed E-state index contributed by atoms with van der Waals surface area (Å²) in [5, 5.41) is 8.54. The van der Waals surface area contributed by atoms with Gasteiger partial charge in [-0.3, -0.25) is 4.98 Å². The topological polar surface area (TPSA) is 58.9 Å². The molecule has 0 aliphatic rings. The van der Waals surface area contributed by atoms with Crippen LogP contribution in [0.5, 0.6) is 0 Å². The predicted molar refractivity (Wildman–Crippen MR) is 55.3 cm³/mol. The number of aryl methyl sites for hydroxylation is 1. The molecule has 0 radical (unpaired) electrons. The van der Waals surface area contributed by atoms with E-state index in [1.807, 2.05) is 25.1 Å². The lowest BCUT2D eigenvalue weighted by molar-refractivity contribution is 0.809. The molecule has 15 heavy (non-hydrogen) atoms. The summed E-state index contributed by atoms with van der Waals surface area (Å²) >= 11 is 0. The van der Waals surface area contributed by atoms with Gasteiger partial charge in [0.1, 0.15) is 5.82 Å². The van der Waals surface area contributed by atoms with E-state index in [-0.39, 0.29) is 0 Å². The zero-order valence-corrected chi connectivity index (χ0v) is 8.18. The second-order valence-corrected chi connectivity index (χ2v) is 3.35. The summed E-state index contributed by atoms with van der Waals surface area (Å²) in [4.78, 5) is 7.09. The Labute approximate surface area is 85.8 Å². The van der Waals surface area contributed by atoms with Crippen molar-refractivity contribution in [1.82, 2.24) is 24.8 Å². The fraction of sp³-hybridized carbons (Fsp3) is 0.100. The molecule has 1 N–H and O–H groups in total. The molecular weight excluding hydrogens is 190 g/mol. The van der Waals surface area contributed by atoms with Crippen molar-refractivity contribution in [3.05, 3.63) is 36.4 Å². The van der Waals surface area contributed by atoms with Crippen molar-refractivity contribution in [3.8, 4) is 11.3 Å². The van der Waals surface area contributed by atoms with Crippen molar-refractivity contribution in [2.24, 2.45) is 0 Å². The number of pyridine rings is 1. The van der Waals surface area contributed by atoms with Gasteiger partial charge in [0.25, 0.3) is 0 Å². The third-order valence-corrected chi connectivity index (χ3v) is 2.22. The molecule has 0 spiro atoms. The highest BCUT2D eigenvalue weighted by Crippen LogP contribution is 2.17. The number of H-pyrrole nitrogens is 1. The van der Waals surface area contributed by atoms with Crippen molar-refractivity contribution in [1.29, 1.82) is 0 Å². The molecule has 0 fully saturated rings. The van der Waals surface area contributed by atoms with Gasteiger partial charge in [-0.25, -0.2) is 0 Å². The number of aromatic amines is 1. The van der Waals surface area contributed by atoms with Gasteiger partial charge < -0.3 is 4.98 Å². The SMILES string of the molecule is Cc1nn2nc(-c3ccncc3)cc2[nH]1. The molecule has 0 bridgehead atoms. The Morgan fingerprint density at radius 1 is 1.20 bits per heavy atom. The molecule has 0 aliphatic carbocycles. The lowest BCUT2D eigenvalue weighted by Crippen LogP contribution is -1.87. The molecule has 0 aromatic carbocycles. The first-order chi connectivity index (χ1) is 7.33. The third kappa shape index (κ3) is 1.28. The van der Waals surface area contributed by atoms with Gasteiger partial charge in [0.15, 0.2) is 5.65 Å². The van der Waals surface area contributed by atoms with Crippen LogP contribution in [0.1, 0.15) is 5.82 Å². The molecule has 0 saturated carbocycles. The molecule has 3 aromatic rings. The van der Waals surface area contributed by atoms with Gasteiger partial charge >= 0.3 is 0 Å². The van der Waals surface area contributed by atoms with Crippen LogP contribution in [0.15, 0.2) is 30.6 Å². The van der Waals surface area contributed by atoms with Gasteiger partial charge in [-0.05, 0) is 19.1 Å². The smallest absolute Gasteiger partial charge is 0.156 e. The van der Waals surface area contributed by atoms with Crippen LogP contribution >= 0.6 is 0 Å². The number of rotatable bonds is 1. The Balaban J connectivity index is 2.16. The summed E-state index contributed by atoms with van der Waals surface area (Å²) in [6, 6.07) is 5.82. The summed E-state index contributed by atoms with van der Waals surface area (Å²) in [6.07, 6.45) is 3.50. The molecule has 0 amide bonds. The van der Waals surface area contributed by atoms with Crippen LogP contribution in [-0.4, -0.2) is 24.8 Å². The Morgan fingerprint density at radius 2 is 2.00 bits per heavy atom. The van der Waals surface area contributed by atoms with Crippen molar-refractivity contribution < 1.29 is 0 Å². The summed E-state index contributed by atoms with van der Waals surface area (Å²) < 4.78 is 1.60. The standard InChI is InChI=1S/C10H9N5/c1-7-12-10-6-9(14-15(10)13-7)8-2-4-11-5-3-8/h2-6H,1H3,(H,12,13). The molecule has 3 rings (SSSR count). The average molecular weight is 199 g/mol. The van der Waals surface area contributed by atoms with Gasteiger partial charge in [0.05, 0.1) is 5.69 Å². The molecular formula is C10H9N5. The molecule has 3 heterocycles. The number of nitrogens with zero attached hydrogens (tertiary/aromatic N) is 4. The highest BCUT2D eigenvalue weighted by atomic mass is 15.5. The van der Waals surface area contributed by atoms with Crippen LogP contribution in [0.3, 0.4) is 0 Å². The van der Waals surface area contributed by atoms with E-state index in [4.69, 9.17) is 0 Å². The summed E-state index contributed by atoms with van der Waals surface area (Å²) in [7, 11) is 0. The van der Waals surface area contributed by atoms with E-state index in [9.17, 15) is 0 Å². The summed E-state index contributed by atoms with van der Waals surface area (Å²) in [5.41, 5.74) is 2.84. The Bertz CT molecular complexity index is 561. The van der Waals surface area contributed by atoms with Crippen LogP contribution in [0.2, 0.25) is 0 Å². The number of hydrogen-bond donors (Lipinski definition) is 1. The molecule has 74 valence electrons. The molecule has 5 nitrogen and oxygen atoms in total. The number of hydrogen-bond acceptors (Lipinski definition) is 3. The van der Waals surface area contributed by atoms with Gasteiger partial charge in [0, 0.05) is 24.0 Å². The highest BCUT2D eigenvalue weighted by molar-refractivity contribution is 5.63. The maximum absolute atomic E-state index is 4.35. The van der Waals surface area contributed by atoms with Crippen LogP contribution in [-0.2, 0) is 0 Å². The zero-order valence-electron chi connectivity index (χ0n) is 8.18. The number of fused-ring (bicyclic) bond motifs is 1. The molecule has 0 unspecified atom stereocenters. The number of nitrogens with one attached hydrogen (secondary N) is 1. The van der Waals surface area contributed by atoms with Crippen LogP contribution in [0.4, 0.5) is 0 Å². The Hall–Kier alpha value is -2.17. The van der Waals surface area contributed by atoms with Gasteiger partial charge in [-0.15, -0.1) is 14.8 Å². The summed E-state index contributed by atoms with van der Waals surface area (Å²) in [6.45, 7) is 1.90. The normalized spacial score (nSPS) is 11.0. The Kier molecular flexibility index (Phi) is 1.58. The first kappa shape index (κ1) is 8.16. The second-order valence-electron chi connectivity index (χ2n) is 3.35. The monoisotopic (exact) mass is 199 g/mol. The van der Waals surface area contributed by atoms with Crippen molar-refractivity contribution in [2.45, 2.75) is 6.92 Å². The van der Waals surface area contributed by atoms with Crippen molar-refractivity contribution in [2.75, 3.05) is 0 Å². The fourth-order valence-electron chi connectivity index (χ4n) is 1.55. The van der Waals surface area contributed by atoms with E-state index < -0.39 is 0 Å². The molecule has 0 atom stereocenters. The van der Waals surface area contributed by atoms with Gasteiger partial charge in [-0.2, -0.15) is 0 Å². The van der Waals surface area contributed by atoms with E-state index in [1.165, 1.54) is 0 Å². The van der Waals surface area contributed by atoms with E-state index >= 15 is 0 Å². The molecule has 5 heteroatoms. The first-order valence-corrected chi connectivity index (χ1v) is 4.66. The predicted octanol–water partition coefficient (Wildman–Crippen LogP) is 1.43. The molecule has 0 aliphatic heterocycles. The highest BCUT2D eigenvalue weighted by Gasteiger charge is 2.06. The van der Waals surface area contributed by atoms with Crippen molar-refractivity contribution in [3.63, 3.8) is 0 Å². The van der Waals surface area contributed by atoms with Gasteiger partial charge in [0.2, 0.25) is 0 Å². The van der Waals surface area contributed by atoms with Gasteiger partial charge in [-0.1, -0.05) is 0 Å². The zero-order chi connectivity index (χ0) is 10.3. The Morgan fingerprint density at radius 3 is 2.73 bits per heavy atom. The van der Waals surface area contributed by atoms with Crippen LogP contribution in [0, 0.1) is 6.92 Å². The quantitative estimate of drug-likeness (QED) is 0.645. The maximum atomic E-state index is 4.35. The van der Waals surface area contributed by atoms with E-state index in [0.717, 1.165) is 22.7 Å². The van der Waals surface area contributed by atoms with E-state index in [0.29, 0.717) is 0 Å². The second kappa shape index (κ2) is 2.91. The lowest BCUT2D eigenvalue weighted by atomic mass is 10.2. The van der Waals surface area contributed by atoms with E-state index in [1.54, 1.807) is 17.0 Å². The van der Waals surface area contributed by atoms with Crippen LogP contribution in [0.25, 0.3) is 16.9 Å². The number of aromatic nitrogens is 5. The minimum atomic E-state index is 0.860. The maximum Gasteiger partial charge on any atom is 0.156 e. The summed E-state index contributed by atoms with van der Waals surface area (Å²) in [5.74, 6) is 0.860. The molecule has 3 aromatic heterocycles. The lowest BCUT2D eigenvalue weighted by Gasteiger charge is -1.92. The minimum absolute atomic E-state index is 0.860. The fourth-order valence-corrected chi connectivity index (χ4v) is 1.55. The van der Waals surface area contributed by atoms with Crippen molar-refractivity contribution >= 4 is 5.65 Å². The average Bonchev–Trinajstić information content (AvgIpc) is 2.76. The third-order valence-electron chi connectivity index (χ3n) is 2.22.